The van der Waals surface area contributed by atoms with Crippen LogP contribution in [0.1, 0.15) is 17.5 Å². The van der Waals surface area contributed by atoms with Gasteiger partial charge in [-0.3, -0.25) is 0 Å². The van der Waals surface area contributed by atoms with Gasteiger partial charge in [-0.25, -0.2) is 0 Å². The van der Waals surface area contributed by atoms with Crippen LogP contribution in [-0.4, -0.2) is 32.3 Å². The highest BCUT2D eigenvalue weighted by atomic mass is 16.5. The second-order valence-corrected chi connectivity index (χ2v) is 5.31. The van der Waals surface area contributed by atoms with Crippen molar-refractivity contribution in [1.82, 2.24) is 0 Å². The molecule has 1 aromatic rings. The maximum Gasteiger partial charge on any atom is 0.0664 e. The molecule has 3 nitrogen and oxygen atoms in total. The smallest absolute Gasteiger partial charge is 0.0664 e. The molecule has 0 radical (unpaired) electrons. The first kappa shape index (κ1) is 12.4. The summed E-state index contributed by atoms with van der Waals surface area (Å²) in [5.41, 5.74) is 9.98. The van der Waals surface area contributed by atoms with Gasteiger partial charge in [0.1, 0.15) is 0 Å². The van der Waals surface area contributed by atoms with Gasteiger partial charge in [-0.05, 0) is 31.9 Å². The molecule has 1 aliphatic rings. The second kappa shape index (κ2) is 4.67. The summed E-state index contributed by atoms with van der Waals surface area (Å²) in [6, 6.07) is 6.52. The minimum atomic E-state index is -0.188. The molecule has 0 spiro atoms. The van der Waals surface area contributed by atoms with Crippen molar-refractivity contribution in [3.63, 3.8) is 0 Å². The normalized spacial score (nSPS) is 24.0. The van der Waals surface area contributed by atoms with E-state index in [9.17, 15) is 0 Å². The Hall–Kier alpha value is -1.06. The van der Waals surface area contributed by atoms with Gasteiger partial charge in [0.25, 0.3) is 0 Å². The van der Waals surface area contributed by atoms with Crippen LogP contribution in [-0.2, 0) is 4.74 Å². The van der Waals surface area contributed by atoms with E-state index in [1.807, 2.05) is 0 Å². The molecule has 1 aliphatic heterocycles. The van der Waals surface area contributed by atoms with E-state index >= 15 is 0 Å². The summed E-state index contributed by atoms with van der Waals surface area (Å²) < 4.78 is 5.39. The summed E-state index contributed by atoms with van der Waals surface area (Å²) in [7, 11) is 2.10. The Balaban J connectivity index is 2.11. The highest BCUT2D eigenvalue weighted by Crippen LogP contribution is 2.24. The molecule has 17 heavy (non-hydrogen) atoms. The van der Waals surface area contributed by atoms with E-state index in [0.717, 1.165) is 19.6 Å². The van der Waals surface area contributed by atoms with Crippen LogP contribution in [0, 0.1) is 13.8 Å². The van der Waals surface area contributed by atoms with E-state index in [4.69, 9.17) is 10.5 Å². The van der Waals surface area contributed by atoms with E-state index in [1.165, 1.54) is 16.8 Å². The fourth-order valence-corrected chi connectivity index (χ4v) is 2.54. The third-order valence-electron chi connectivity index (χ3n) is 3.45. The number of ether oxygens (including phenoxy) is 1. The van der Waals surface area contributed by atoms with Crippen molar-refractivity contribution in [2.45, 2.75) is 25.8 Å². The molecule has 3 heteroatoms. The summed E-state index contributed by atoms with van der Waals surface area (Å²) in [6.07, 6.45) is 0.947. The topological polar surface area (TPSA) is 38.5 Å². The van der Waals surface area contributed by atoms with Gasteiger partial charge >= 0.3 is 0 Å². The summed E-state index contributed by atoms with van der Waals surface area (Å²) in [5, 5.41) is 0. The second-order valence-electron chi connectivity index (χ2n) is 5.31. The first-order valence-corrected chi connectivity index (χ1v) is 6.15. The molecule has 0 amide bonds. The van der Waals surface area contributed by atoms with Crippen LogP contribution in [0.25, 0.3) is 0 Å². The van der Waals surface area contributed by atoms with E-state index in [2.05, 4.69) is 44.0 Å². The van der Waals surface area contributed by atoms with Gasteiger partial charge in [0.15, 0.2) is 0 Å². The Labute approximate surface area is 104 Å². The Kier molecular flexibility index (Phi) is 3.40. The molecule has 2 rings (SSSR count). The summed E-state index contributed by atoms with van der Waals surface area (Å²) in [5.74, 6) is 0. The molecule has 0 aliphatic carbocycles. The van der Waals surface area contributed by atoms with Crippen LogP contribution in [0.3, 0.4) is 0 Å². The van der Waals surface area contributed by atoms with Crippen molar-refractivity contribution in [3.05, 3.63) is 29.3 Å². The number of hydrogen-bond donors (Lipinski definition) is 1. The minimum Gasteiger partial charge on any atom is -0.379 e. The number of hydrogen-bond acceptors (Lipinski definition) is 3. The summed E-state index contributed by atoms with van der Waals surface area (Å²) >= 11 is 0. The van der Waals surface area contributed by atoms with Gasteiger partial charge < -0.3 is 15.4 Å². The van der Waals surface area contributed by atoms with Crippen LogP contribution in [0.4, 0.5) is 5.69 Å². The van der Waals surface area contributed by atoms with Gasteiger partial charge in [-0.15, -0.1) is 0 Å². The average molecular weight is 234 g/mol. The molecule has 0 aromatic heterocycles. The quantitative estimate of drug-likeness (QED) is 0.867. The minimum absolute atomic E-state index is 0.188. The van der Waals surface area contributed by atoms with Crippen molar-refractivity contribution >= 4 is 5.69 Å². The Bertz CT molecular complexity index is 397. The maximum absolute atomic E-state index is 6.31. The lowest BCUT2D eigenvalue weighted by Gasteiger charge is -2.31. The average Bonchev–Trinajstić information content (AvgIpc) is 2.64. The van der Waals surface area contributed by atoms with Crippen molar-refractivity contribution in [1.29, 1.82) is 0 Å². The third-order valence-corrected chi connectivity index (χ3v) is 3.45. The van der Waals surface area contributed by atoms with Gasteiger partial charge in [-0.2, -0.15) is 0 Å². The summed E-state index contributed by atoms with van der Waals surface area (Å²) in [4.78, 5) is 2.24. The lowest BCUT2D eigenvalue weighted by Crippen LogP contribution is -2.50. The molecular weight excluding hydrogens is 212 g/mol. The van der Waals surface area contributed by atoms with E-state index in [-0.39, 0.29) is 5.54 Å². The third kappa shape index (κ3) is 2.79. The number of aryl methyl sites for hydroxylation is 2. The highest BCUT2D eigenvalue weighted by molar-refractivity contribution is 5.54. The highest BCUT2D eigenvalue weighted by Gasteiger charge is 2.31. The number of benzene rings is 1. The Morgan fingerprint density at radius 1 is 1.41 bits per heavy atom. The molecule has 1 aromatic carbocycles. The van der Waals surface area contributed by atoms with Crippen LogP contribution in [0.15, 0.2) is 18.2 Å². The first-order valence-electron chi connectivity index (χ1n) is 6.15. The zero-order valence-electron chi connectivity index (χ0n) is 11.0. The molecule has 94 valence electrons. The molecule has 1 fully saturated rings. The van der Waals surface area contributed by atoms with Crippen molar-refractivity contribution in [2.75, 3.05) is 31.7 Å². The van der Waals surface area contributed by atoms with Gasteiger partial charge in [-0.1, -0.05) is 17.7 Å². The van der Waals surface area contributed by atoms with Crippen LogP contribution in [0.2, 0.25) is 0 Å². The number of nitrogens with zero attached hydrogens (tertiary/aromatic N) is 1. The predicted octanol–water partition coefficient (Wildman–Crippen LogP) is 1.86. The predicted molar refractivity (Wildman–Crippen MR) is 71.5 cm³/mol. The lowest BCUT2D eigenvalue weighted by molar-refractivity contribution is 0.179. The number of nitrogens with two attached hydrogens (primary N) is 1. The monoisotopic (exact) mass is 234 g/mol. The lowest BCUT2D eigenvalue weighted by atomic mass is 9.99. The van der Waals surface area contributed by atoms with E-state index < -0.39 is 0 Å². The van der Waals surface area contributed by atoms with Crippen LogP contribution >= 0.6 is 0 Å². The zero-order chi connectivity index (χ0) is 12.5. The van der Waals surface area contributed by atoms with E-state index in [1.54, 1.807) is 0 Å². The number of rotatable bonds is 3. The van der Waals surface area contributed by atoms with Gasteiger partial charge in [0, 0.05) is 25.9 Å². The molecule has 0 bridgehead atoms. The maximum atomic E-state index is 6.31. The number of likely N-dealkylation sites (N-methyl/N-ethyl adjacent to an activating group) is 1. The van der Waals surface area contributed by atoms with Crippen LogP contribution < -0.4 is 10.6 Å². The SMILES string of the molecule is Cc1ccc(N(C)CC2(N)CCOC2)c(C)c1. The molecule has 1 unspecified atom stereocenters. The summed E-state index contributed by atoms with van der Waals surface area (Å²) in [6.45, 7) is 6.57. The largest absolute Gasteiger partial charge is 0.379 e. The Morgan fingerprint density at radius 3 is 2.76 bits per heavy atom. The van der Waals surface area contributed by atoms with Crippen LogP contribution in [0.5, 0.6) is 0 Å². The fraction of sp³-hybridized carbons (Fsp3) is 0.571. The molecule has 0 saturated carbocycles. The number of anilines is 1. The molecule has 1 saturated heterocycles. The standard InChI is InChI=1S/C14H22N2O/c1-11-4-5-13(12(2)8-11)16(3)9-14(15)6-7-17-10-14/h4-5,8H,6-7,9-10,15H2,1-3H3. The molecule has 1 atom stereocenters. The molecular formula is C14H22N2O. The van der Waals surface area contributed by atoms with Crippen molar-refractivity contribution < 1.29 is 4.74 Å². The Morgan fingerprint density at radius 2 is 2.18 bits per heavy atom. The fourth-order valence-electron chi connectivity index (χ4n) is 2.54. The zero-order valence-corrected chi connectivity index (χ0v) is 11.0. The van der Waals surface area contributed by atoms with Crippen molar-refractivity contribution in [3.8, 4) is 0 Å². The molecule has 1 heterocycles. The van der Waals surface area contributed by atoms with Gasteiger partial charge in [0.05, 0.1) is 12.1 Å². The van der Waals surface area contributed by atoms with Gasteiger partial charge in [0.2, 0.25) is 0 Å². The van der Waals surface area contributed by atoms with E-state index in [0.29, 0.717) is 6.61 Å². The van der Waals surface area contributed by atoms with Crippen molar-refractivity contribution in [2.24, 2.45) is 5.73 Å². The first-order chi connectivity index (χ1) is 8.00. The molecule has 2 N–H and O–H groups in total.